The standard InChI is InChI=1S/C6H8N2OS/c9-8-5-3-1-2-4(5)7-6(8)10/h9H,1-3H2,(H,7,10). The number of fused-ring (bicyclic) bond motifs is 1. The second-order valence-electron chi connectivity index (χ2n) is 2.52. The van der Waals surface area contributed by atoms with Crippen LogP contribution in [0, 0.1) is 4.77 Å². The van der Waals surface area contributed by atoms with Crippen LogP contribution in [0.15, 0.2) is 0 Å². The van der Waals surface area contributed by atoms with Crippen LogP contribution in [0.25, 0.3) is 0 Å². The van der Waals surface area contributed by atoms with Gasteiger partial charge in [0.15, 0.2) is 0 Å². The van der Waals surface area contributed by atoms with Gasteiger partial charge in [-0.3, -0.25) is 0 Å². The SMILES string of the molecule is On1c2c([nH]c1=S)CCC2. The summed E-state index contributed by atoms with van der Waals surface area (Å²) in [6, 6.07) is 0. The molecule has 1 heterocycles. The first-order valence-corrected chi connectivity index (χ1v) is 3.72. The maximum atomic E-state index is 9.24. The predicted octanol–water partition coefficient (Wildman–Crippen LogP) is 1.27. The lowest BCUT2D eigenvalue weighted by Crippen LogP contribution is -1.94. The highest BCUT2D eigenvalue weighted by atomic mass is 32.1. The van der Waals surface area contributed by atoms with Gasteiger partial charge >= 0.3 is 0 Å². The van der Waals surface area contributed by atoms with Crippen molar-refractivity contribution in [3.8, 4) is 0 Å². The Kier molecular flexibility index (Phi) is 1.11. The summed E-state index contributed by atoms with van der Waals surface area (Å²) in [5.41, 5.74) is 2.07. The lowest BCUT2D eigenvalue weighted by Gasteiger charge is -1.91. The van der Waals surface area contributed by atoms with Gasteiger partial charge < -0.3 is 10.2 Å². The van der Waals surface area contributed by atoms with Gasteiger partial charge in [-0.25, -0.2) is 0 Å². The molecular formula is C6H8N2OS. The quantitative estimate of drug-likeness (QED) is 0.438. The molecule has 54 valence electrons. The second-order valence-corrected chi connectivity index (χ2v) is 2.91. The molecule has 1 aromatic heterocycles. The highest BCUT2D eigenvalue weighted by molar-refractivity contribution is 7.71. The number of aromatic amines is 1. The summed E-state index contributed by atoms with van der Waals surface area (Å²) in [6.07, 6.45) is 3.09. The Morgan fingerprint density at radius 2 is 2.30 bits per heavy atom. The van der Waals surface area contributed by atoms with Gasteiger partial charge in [0.1, 0.15) is 0 Å². The number of aromatic nitrogens is 2. The first-order chi connectivity index (χ1) is 4.79. The molecule has 0 bridgehead atoms. The highest BCUT2D eigenvalue weighted by Gasteiger charge is 2.16. The van der Waals surface area contributed by atoms with Gasteiger partial charge in [0.25, 0.3) is 0 Å². The average molecular weight is 156 g/mol. The van der Waals surface area contributed by atoms with Crippen molar-refractivity contribution in [3.05, 3.63) is 16.2 Å². The molecule has 0 fully saturated rings. The van der Waals surface area contributed by atoms with Crippen molar-refractivity contribution >= 4 is 12.2 Å². The number of rotatable bonds is 0. The van der Waals surface area contributed by atoms with Crippen molar-refractivity contribution in [2.75, 3.05) is 0 Å². The molecule has 0 spiro atoms. The zero-order chi connectivity index (χ0) is 7.14. The summed E-state index contributed by atoms with van der Waals surface area (Å²) < 4.78 is 1.50. The molecule has 1 aliphatic carbocycles. The van der Waals surface area contributed by atoms with Gasteiger partial charge in [0.05, 0.1) is 5.69 Å². The van der Waals surface area contributed by atoms with Gasteiger partial charge in [-0.15, -0.1) is 0 Å². The zero-order valence-electron chi connectivity index (χ0n) is 5.42. The molecule has 0 saturated carbocycles. The van der Waals surface area contributed by atoms with Crippen LogP contribution in [0.4, 0.5) is 0 Å². The van der Waals surface area contributed by atoms with Gasteiger partial charge in [0, 0.05) is 5.69 Å². The number of H-pyrrole nitrogens is 1. The predicted molar refractivity (Wildman–Crippen MR) is 38.8 cm³/mol. The van der Waals surface area contributed by atoms with E-state index in [1.165, 1.54) is 0 Å². The lowest BCUT2D eigenvalue weighted by atomic mass is 10.4. The molecule has 0 radical (unpaired) electrons. The molecule has 0 aromatic carbocycles. The van der Waals surface area contributed by atoms with Crippen LogP contribution in [-0.2, 0) is 12.8 Å². The summed E-state index contributed by atoms with van der Waals surface area (Å²) in [4.78, 5) is 2.95. The Morgan fingerprint density at radius 1 is 1.50 bits per heavy atom. The van der Waals surface area contributed by atoms with E-state index in [9.17, 15) is 5.21 Å². The summed E-state index contributed by atoms with van der Waals surface area (Å²) in [7, 11) is 0. The van der Waals surface area contributed by atoms with Crippen LogP contribution < -0.4 is 0 Å². The summed E-state index contributed by atoms with van der Waals surface area (Å²) in [5, 5.41) is 9.24. The second kappa shape index (κ2) is 1.85. The molecule has 3 nitrogen and oxygen atoms in total. The molecule has 4 heteroatoms. The third-order valence-electron chi connectivity index (χ3n) is 1.89. The smallest absolute Gasteiger partial charge is 0.211 e. The summed E-state index contributed by atoms with van der Waals surface area (Å²) in [5.74, 6) is 0. The van der Waals surface area contributed by atoms with Gasteiger partial charge in [-0.05, 0) is 31.5 Å². The van der Waals surface area contributed by atoms with Crippen LogP contribution in [-0.4, -0.2) is 14.9 Å². The molecule has 0 atom stereocenters. The van der Waals surface area contributed by atoms with E-state index in [4.69, 9.17) is 12.2 Å². The highest BCUT2D eigenvalue weighted by Crippen LogP contribution is 2.19. The van der Waals surface area contributed by atoms with Crippen molar-refractivity contribution < 1.29 is 5.21 Å². The maximum Gasteiger partial charge on any atom is 0.211 e. The average Bonchev–Trinajstić information content (AvgIpc) is 2.41. The van der Waals surface area contributed by atoms with Crippen molar-refractivity contribution in [3.63, 3.8) is 0 Å². The number of imidazole rings is 1. The maximum absolute atomic E-state index is 9.24. The first kappa shape index (κ1) is 5.97. The topological polar surface area (TPSA) is 41.0 Å². The fraction of sp³-hybridized carbons (Fsp3) is 0.500. The number of nitrogens with zero attached hydrogens (tertiary/aromatic N) is 1. The van der Waals surface area contributed by atoms with E-state index < -0.39 is 0 Å². The van der Waals surface area contributed by atoms with Gasteiger partial charge in [-0.2, -0.15) is 4.73 Å². The minimum absolute atomic E-state index is 0.421. The molecule has 2 N–H and O–H groups in total. The first-order valence-electron chi connectivity index (χ1n) is 3.31. The van der Waals surface area contributed by atoms with E-state index in [-0.39, 0.29) is 0 Å². The number of aryl methyl sites for hydroxylation is 1. The minimum atomic E-state index is 0.421. The number of hydrogen-bond donors (Lipinski definition) is 2. The van der Waals surface area contributed by atoms with E-state index in [0.717, 1.165) is 35.4 Å². The molecule has 10 heavy (non-hydrogen) atoms. The lowest BCUT2D eigenvalue weighted by molar-refractivity contribution is 0.173. The normalized spacial score (nSPS) is 15.6. The third-order valence-corrected chi connectivity index (χ3v) is 2.17. The Hall–Kier alpha value is -0.770. The largest absolute Gasteiger partial charge is 0.426 e. The van der Waals surface area contributed by atoms with Crippen molar-refractivity contribution in [2.24, 2.45) is 0 Å². The van der Waals surface area contributed by atoms with E-state index in [2.05, 4.69) is 4.98 Å². The third kappa shape index (κ3) is 0.623. The fourth-order valence-corrected chi connectivity index (χ4v) is 1.63. The minimum Gasteiger partial charge on any atom is -0.426 e. The van der Waals surface area contributed by atoms with E-state index in [1.54, 1.807) is 0 Å². The molecule has 2 rings (SSSR count). The van der Waals surface area contributed by atoms with Crippen LogP contribution >= 0.6 is 12.2 Å². The van der Waals surface area contributed by atoms with Crippen LogP contribution in [0.2, 0.25) is 0 Å². The van der Waals surface area contributed by atoms with Crippen molar-refractivity contribution in [1.82, 2.24) is 9.71 Å². The zero-order valence-corrected chi connectivity index (χ0v) is 6.24. The fourth-order valence-electron chi connectivity index (χ4n) is 1.40. The molecule has 0 unspecified atom stereocenters. The van der Waals surface area contributed by atoms with E-state index in [0.29, 0.717) is 4.77 Å². The van der Waals surface area contributed by atoms with Crippen molar-refractivity contribution in [2.45, 2.75) is 19.3 Å². The number of nitrogens with one attached hydrogen (secondary N) is 1. The monoisotopic (exact) mass is 156 g/mol. The Morgan fingerprint density at radius 3 is 3.00 bits per heavy atom. The summed E-state index contributed by atoms with van der Waals surface area (Å²) >= 11 is 4.82. The Balaban J connectivity index is 2.70. The van der Waals surface area contributed by atoms with Gasteiger partial charge in [-0.1, -0.05) is 0 Å². The molecule has 0 saturated heterocycles. The van der Waals surface area contributed by atoms with Crippen LogP contribution in [0.5, 0.6) is 0 Å². The van der Waals surface area contributed by atoms with Crippen LogP contribution in [0.3, 0.4) is 0 Å². The molecule has 1 aromatic rings. The van der Waals surface area contributed by atoms with Crippen LogP contribution in [0.1, 0.15) is 17.8 Å². The van der Waals surface area contributed by atoms with Gasteiger partial charge in [0.2, 0.25) is 4.77 Å². The Bertz CT molecular complexity index is 312. The van der Waals surface area contributed by atoms with Crippen molar-refractivity contribution in [1.29, 1.82) is 0 Å². The molecular weight excluding hydrogens is 148 g/mol. The Labute approximate surface area is 63.3 Å². The molecule has 0 aliphatic heterocycles. The summed E-state index contributed by atoms with van der Waals surface area (Å²) in [6.45, 7) is 0. The molecule has 1 aliphatic rings. The molecule has 0 amide bonds. The van der Waals surface area contributed by atoms with E-state index >= 15 is 0 Å². The number of hydrogen-bond acceptors (Lipinski definition) is 2. The van der Waals surface area contributed by atoms with E-state index in [1.807, 2.05) is 0 Å².